The van der Waals surface area contributed by atoms with Crippen LogP contribution in [0.1, 0.15) is 25.0 Å². The van der Waals surface area contributed by atoms with Crippen LogP contribution >= 0.6 is 0 Å². The fourth-order valence-corrected chi connectivity index (χ4v) is 5.94. The maximum Gasteiger partial charge on any atom is 0.235 e. The lowest BCUT2D eigenvalue weighted by Gasteiger charge is -2.33. The number of benzene rings is 1. The van der Waals surface area contributed by atoms with Crippen molar-refractivity contribution in [2.75, 3.05) is 22.7 Å². The molecule has 4 heterocycles. The minimum Gasteiger partial charge on any atom is -0.369 e. The van der Waals surface area contributed by atoms with E-state index in [-0.39, 0.29) is 0 Å². The van der Waals surface area contributed by atoms with Crippen LogP contribution in [0.15, 0.2) is 30.6 Å². The third-order valence-electron chi connectivity index (χ3n) is 5.94. The van der Waals surface area contributed by atoms with Gasteiger partial charge >= 0.3 is 0 Å². The highest BCUT2D eigenvalue weighted by Crippen LogP contribution is 2.31. The van der Waals surface area contributed by atoms with Gasteiger partial charge in [-0.2, -0.15) is 10.2 Å². The van der Waals surface area contributed by atoms with Gasteiger partial charge in [0.1, 0.15) is 0 Å². The molecular formula is C19H24N6O2S. The molecule has 5 rings (SSSR count). The van der Waals surface area contributed by atoms with Crippen molar-refractivity contribution in [2.45, 2.75) is 37.5 Å². The molecule has 1 saturated heterocycles. The van der Waals surface area contributed by atoms with Crippen molar-refractivity contribution in [1.29, 1.82) is 0 Å². The predicted octanol–water partition coefficient (Wildman–Crippen LogP) is 2.13. The first-order chi connectivity index (χ1) is 13.5. The van der Waals surface area contributed by atoms with Crippen molar-refractivity contribution in [3.05, 3.63) is 36.3 Å². The van der Waals surface area contributed by atoms with E-state index in [0.717, 1.165) is 43.4 Å². The molecule has 0 atom stereocenters. The van der Waals surface area contributed by atoms with Crippen molar-refractivity contribution in [3.63, 3.8) is 0 Å². The monoisotopic (exact) mass is 400 g/mol. The molecule has 0 bridgehead atoms. The van der Waals surface area contributed by atoms with E-state index in [0.29, 0.717) is 18.5 Å². The maximum atomic E-state index is 13.0. The van der Waals surface area contributed by atoms with Gasteiger partial charge in [0, 0.05) is 32.1 Å². The number of sulfonamides is 1. The first-order valence-corrected chi connectivity index (χ1v) is 11.3. The Bertz CT molecular complexity index is 1120. The highest BCUT2D eigenvalue weighted by atomic mass is 32.2. The van der Waals surface area contributed by atoms with Gasteiger partial charge in [0.05, 0.1) is 40.2 Å². The Morgan fingerprint density at radius 1 is 1.11 bits per heavy atom. The van der Waals surface area contributed by atoms with E-state index >= 15 is 0 Å². The van der Waals surface area contributed by atoms with Gasteiger partial charge in [-0.25, -0.2) is 8.42 Å². The second-order valence-corrected chi connectivity index (χ2v) is 9.61. The van der Waals surface area contributed by atoms with E-state index in [1.165, 1.54) is 11.4 Å². The topological polar surface area (TPSA) is 85.1 Å². The molecule has 0 spiro atoms. The Morgan fingerprint density at radius 2 is 1.93 bits per heavy atom. The van der Waals surface area contributed by atoms with Crippen LogP contribution in [0, 0.1) is 0 Å². The number of nitrogens with zero attached hydrogens (tertiary/aromatic N) is 5. The lowest BCUT2D eigenvalue weighted by Crippen LogP contribution is -2.41. The Balaban J connectivity index is 1.32. The quantitative estimate of drug-likeness (QED) is 0.725. The fourth-order valence-electron chi connectivity index (χ4n) is 4.47. The van der Waals surface area contributed by atoms with E-state index in [1.807, 2.05) is 25.4 Å². The van der Waals surface area contributed by atoms with E-state index in [9.17, 15) is 8.42 Å². The molecule has 2 aromatic heterocycles. The lowest BCUT2D eigenvalue weighted by atomic mass is 10.1. The van der Waals surface area contributed by atoms with Crippen LogP contribution in [0.5, 0.6) is 0 Å². The summed E-state index contributed by atoms with van der Waals surface area (Å²) in [4.78, 5) is 2.29. The molecule has 1 aromatic carbocycles. The van der Waals surface area contributed by atoms with Crippen LogP contribution in [0.2, 0.25) is 0 Å². The number of rotatable bonds is 4. The summed E-state index contributed by atoms with van der Waals surface area (Å²) in [7, 11) is -1.64. The molecule has 2 aliphatic rings. The molecule has 0 unspecified atom stereocenters. The van der Waals surface area contributed by atoms with Crippen molar-refractivity contribution < 1.29 is 8.42 Å². The molecule has 0 radical (unpaired) electrons. The van der Waals surface area contributed by atoms with Gasteiger partial charge in [-0.3, -0.25) is 14.1 Å². The zero-order chi connectivity index (χ0) is 19.3. The number of hydrogen-bond donors (Lipinski definition) is 1. The average Bonchev–Trinajstić information content (AvgIpc) is 3.38. The SMILES string of the molecule is Cn1ncc2cccc(NS(=O)(=O)C3CCN(c4cnn5c4CCC5)CC3)c21. The molecule has 9 heteroatoms. The first-order valence-electron chi connectivity index (χ1n) is 9.75. The Hall–Kier alpha value is -2.55. The average molecular weight is 401 g/mol. The second kappa shape index (κ2) is 6.51. The van der Waals surface area contributed by atoms with E-state index in [1.54, 1.807) is 16.9 Å². The largest absolute Gasteiger partial charge is 0.369 e. The molecule has 0 saturated carbocycles. The number of para-hydroxylation sites is 1. The summed E-state index contributed by atoms with van der Waals surface area (Å²) in [6.45, 7) is 2.46. The summed E-state index contributed by atoms with van der Waals surface area (Å²) < 4.78 is 32.7. The molecule has 2 aliphatic heterocycles. The summed E-state index contributed by atoms with van der Waals surface area (Å²) in [5.74, 6) is 0. The minimum atomic E-state index is -3.46. The summed E-state index contributed by atoms with van der Waals surface area (Å²) in [6.07, 6.45) is 7.11. The van der Waals surface area contributed by atoms with Gasteiger partial charge in [0.2, 0.25) is 10.0 Å². The van der Waals surface area contributed by atoms with Gasteiger partial charge in [-0.15, -0.1) is 0 Å². The normalized spacial score (nSPS) is 18.0. The highest BCUT2D eigenvalue weighted by molar-refractivity contribution is 7.93. The number of aromatic nitrogens is 4. The van der Waals surface area contributed by atoms with Crippen molar-refractivity contribution >= 4 is 32.3 Å². The number of aryl methyl sites for hydroxylation is 2. The van der Waals surface area contributed by atoms with Crippen molar-refractivity contribution in [3.8, 4) is 0 Å². The third kappa shape index (κ3) is 2.85. The lowest BCUT2D eigenvalue weighted by molar-refractivity contribution is 0.533. The predicted molar refractivity (Wildman–Crippen MR) is 109 cm³/mol. The van der Waals surface area contributed by atoms with Gasteiger partial charge in [-0.1, -0.05) is 12.1 Å². The highest BCUT2D eigenvalue weighted by Gasteiger charge is 2.32. The van der Waals surface area contributed by atoms with Crippen LogP contribution in [-0.2, 0) is 30.0 Å². The second-order valence-electron chi connectivity index (χ2n) is 7.65. The Morgan fingerprint density at radius 3 is 2.75 bits per heavy atom. The standard InChI is InChI=1S/C19H24N6O2S/c1-23-19-14(12-20-23)4-2-5-16(19)22-28(26,27)15-7-10-24(11-8-15)18-13-21-25-9-3-6-17(18)25/h2,4-5,12-13,15,22H,3,6-11H2,1H3. The minimum absolute atomic E-state index is 0.393. The summed E-state index contributed by atoms with van der Waals surface area (Å²) >= 11 is 0. The molecule has 3 aromatic rings. The van der Waals surface area contributed by atoms with Crippen LogP contribution in [0.4, 0.5) is 11.4 Å². The number of fused-ring (bicyclic) bond motifs is 2. The van der Waals surface area contributed by atoms with Crippen LogP contribution < -0.4 is 9.62 Å². The van der Waals surface area contributed by atoms with Gasteiger partial charge in [-0.05, 0) is 31.7 Å². The Kier molecular flexibility index (Phi) is 4.08. The number of anilines is 2. The Labute approximate surface area is 164 Å². The number of nitrogens with one attached hydrogen (secondary N) is 1. The van der Waals surface area contributed by atoms with Crippen LogP contribution in [-0.4, -0.2) is 46.3 Å². The van der Waals surface area contributed by atoms with E-state index in [4.69, 9.17) is 0 Å². The van der Waals surface area contributed by atoms with Gasteiger partial charge in [0.15, 0.2) is 0 Å². The molecule has 28 heavy (non-hydrogen) atoms. The zero-order valence-electron chi connectivity index (χ0n) is 15.9. The van der Waals surface area contributed by atoms with Crippen molar-refractivity contribution in [2.24, 2.45) is 7.05 Å². The van der Waals surface area contributed by atoms with E-state index < -0.39 is 15.3 Å². The fraction of sp³-hybridized carbons (Fsp3) is 0.474. The van der Waals surface area contributed by atoms with Crippen molar-refractivity contribution in [1.82, 2.24) is 19.6 Å². The summed E-state index contributed by atoms with van der Waals surface area (Å²) in [6, 6.07) is 5.58. The summed E-state index contributed by atoms with van der Waals surface area (Å²) in [5, 5.41) is 9.23. The number of hydrogen-bond acceptors (Lipinski definition) is 5. The maximum absolute atomic E-state index is 13.0. The molecular weight excluding hydrogens is 376 g/mol. The molecule has 1 fully saturated rings. The molecule has 8 nitrogen and oxygen atoms in total. The molecule has 1 N–H and O–H groups in total. The number of piperidine rings is 1. The smallest absolute Gasteiger partial charge is 0.235 e. The molecule has 0 amide bonds. The first kappa shape index (κ1) is 17.5. The third-order valence-corrected chi connectivity index (χ3v) is 7.80. The molecule has 0 aliphatic carbocycles. The van der Waals surface area contributed by atoms with Crippen LogP contribution in [0.3, 0.4) is 0 Å². The summed E-state index contributed by atoms with van der Waals surface area (Å²) in [5.41, 5.74) is 3.87. The van der Waals surface area contributed by atoms with E-state index in [2.05, 4.69) is 24.5 Å². The van der Waals surface area contributed by atoms with Gasteiger partial charge < -0.3 is 4.90 Å². The van der Waals surface area contributed by atoms with Crippen LogP contribution in [0.25, 0.3) is 10.9 Å². The van der Waals surface area contributed by atoms with Gasteiger partial charge in [0.25, 0.3) is 0 Å². The molecule has 148 valence electrons. The zero-order valence-corrected chi connectivity index (χ0v) is 16.7.